The van der Waals surface area contributed by atoms with Crippen molar-refractivity contribution in [2.24, 2.45) is 0 Å². The molecular formula is C13H20O2. The Labute approximate surface area is 92.2 Å². The highest BCUT2D eigenvalue weighted by Gasteiger charge is 1.84. The highest BCUT2D eigenvalue weighted by molar-refractivity contribution is 5.13. The fourth-order valence-corrected chi connectivity index (χ4v) is 0.982. The first kappa shape index (κ1) is 13.9. The minimum absolute atomic E-state index is 0.268. The van der Waals surface area contributed by atoms with Crippen LogP contribution in [0.1, 0.15) is 18.9 Å². The van der Waals surface area contributed by atoms with Crippen molar-refractivity contribution >= 4 is 0 Å². The summed E-state index contributed by atoms with van der Waals surface area (Å²) < 4.78 is 4.93. The van der Waals surface area contributed by atoms with Gasteiger partial charge in [-0.05, 0) is 18.9 Å². The molecule has 0 atom stereocenters. The van der Waals surface area contributed by atoms with Crippen LogP contribution in [0, 0.1) is 0 Å². The van der Waals surface area contributed by atoms with Crippen molar-refractivity contribution in [3.8, 4) is 0 Å². The molecule has 0 unspecified atom stereocenters. The predicted octanol–water partition coefficient (Wildman–Crippen LogP) is 2.78. The van der Waals surface area contributed by atoms with E-state index in [4.69, 9.17) is 9.84 Å². The van der Waals surface area contributed by atoms with E-state index in [1.165, 1.54) is 5.56 Å². The van der Waals surface area contributed by atoms with Crippen molar-refractivity contribution in [1.82, 2.24) is 0 Å². The highest BCUT2D eigenvalue weighted by atomic mass is 16.5. The fraction of sp³-hybridized carbons (Fsp3) is 0.385. The summed E-state index contributed by atoms with van der Waals surface area (Å²) in [7, 11) is 1.70. The molecule has 0 aromatic heterocycles. The molecule has 84 valence electrons. The number of hydrogen-bond donors (Lipinski definition) is 1. The van der Waals surface area contributed by atoms with Crippen molar-refractivity contribution in [3.63, 3.8) is 0 Å². The lowest BCUT2D eigenvalue weighted by atomic mass is 10.2. The molecular weight excluding hydrogens is 188 g/mol. The fourth-order valence-electron chi connectivity index (χ4n) is 0.982. The van der Waals surface area contributed by atoms with Gasteiger partial charge in [-0.15, -0.1) is 0 Å². The van der Waals surface area contributed by atoms with E-state index in [1.807, 2.05) is 49.4 Å². The van der Waals surface area contributed by atoms with Gasteiger partial charge < -0.3 is 9.84 Å². The van der Waals surface area contributed by atoms with E-state index in [0.717, 1.165) is 6.42 Å². The molecule has 1 aromatic carbocycles. The third kappa shape index (κ3) is 9.19. The van der Waals surface area contributed by atoms with E-state index in [-0.39, 0.29) is 6.61 Å². The summed E-state index contributed by atoms with van der Waals surface area (Å²) in [5.41, 5.74) is 1.22. The molecule has 1 N–H and O–H groups in total. The van der Waals surface area contributed by atoms with Crippen LogP contribution >= 0.6 is 0 Å². The molecule has 0 bridgehead atoms. The zero-order valence-electron chi connectivity index (χ0n) is 9.52. The van der Waals surface area contributed by atoms with Gasteiger partial charge in [0.05, 0.1) is 6.61 Å². The topological polar surface area (TPSA) is 29.5 Å². The Hall–Kier alpha value is -1.12. The first-order valence-corrected chi connectivity index (χ1v) is 5.10. The lowest BCUT2D eigenvalue weighted by Crippen LogP contribution is -1.84. The van der Waals surface area contributed by atoms with Gasteiger partial charge in [0.15, 0.2) is 0 Å². The average Bonchev–Trinajstić information content (AvgIpc) is 2.29. The first-order valence-electron chi connectivity index (χ1n) is 5.10. The van der Waals surface area contributed by atoms with Crippen LogP contribution in [0.3, 0.4) is 0 Å². The smallest absolute Gasteiger partial charge is 0.0713 e. The summed E-state index contributed by atoms with van der Waals surface area (Å²) in [6.07, 6.45) is 4.65. The molecule has 0 aliphatic carbocycles. The Kier molecular flexibility index (Phi) is 10.1. The maximum Gasteiger partial charge on any atom is 0.0713 e. The Morgan fingerprint density at radius 2 is 1.93 bits per heavy atom. The maximum absolute atomic E-state index is 8.15. The van der Waals surface area contributed by atoms with Crippen molar-refractivity contribution in [2.75, 3.05) is 13.7 Å². The monoisotopic (exact) mass is 208 g/mol. The van der Waals surface area contributed by atoms with Gasteiger partial charge >= 0.3 is 0 Å². The average molecular weight is 208 g/mol. The van der Waals surface area contributed by atoms with Gasteiger partial charge in [0.1, 0.15) is 0 Å². The molecule has 0 saturated heterocycles. The molecule has 0 heterocycles. The second-order valence-corrected chi connectivity index (χ2v) is 3.00. The number of methoxy groups -OCH3 is 1. The molecule has 2 heteroatoms. The summed E-state index contributed by atoms with van der Waals surface area (Å²) in [4.78, 5) is 0. The molecule has 0 radical (unpaired) electrons. The molecule has 0 saturated carbocycles. The van der Waals surface area contributed by atoms with Crippen LogP contribution in [-0.2, 0) is 11.3 Å². The number of allylic oxidation sites excluding steroid dienone is 1. The number of ether oxygens (including phenoxy) is 1. The van der Waals surface area contributed by atoms with Gasteiger partial charge in [0, 0.05) is 13.7 Å². The van der Waals surface area contributed by atoms with Crippen LogP contribution < -0.4 is 0 Å². The van der Waals surface area contributed by atoms with Crippen LogP contribution in [0.25, 0.3) is 0 Å². The molecule has 2 nitrogen and oxygen atoms in total. The van der Waals surface area contributed by atoms with Gasteiger partial charge in [-0.2, -0.15) is 0 Å². The first-order chi connectivity index (χ1) is 7.35. The van der Waals surface area contributed by atoms with Gasteiger partial charge in [-0.25, -0.2) is 0 Å². The number of benzene rings is 1. The maximum atomic E-state index is 8.15. The molecule has 1 aromatic rings. The third-order valence-corrected chi connectivity index (χ3v) is 1.69. The van der Waals surface area contributed by atoms with Crippen LogP contribution in [0.2, 0.25) is 0 Å². The standard InChI is InChI=1S/C8H10O.C5H10O/c1-9-7-8-5-3-2-4-6-8;1-2-3-4-5-6/h2-6H,7H2,1H3;2-3,6H,4-5H2,1H3/b;3-2+. The van der Waals surface area contributed by atoms with E-state index in [9.17, 15) is 0 Å². The van der Waals surface area contributed by atoms with Gasteiger partial charge in [0.25, 0.3) is 0 Å². The molecule has 15 heavy (non-hydrogen) atoms. The van der Waals surface area contributed by atoms with E-state index < -0.39 is 0 Å². The van der Waals surface area contributed by atoms with Gasteiger partial charge in [0.2, 0.25) is 0 Å². The molecule has 0 amide bonds. The predicted molar refractivity (Wildman–Crippen MR) is 63.7 cm³/mol. The van der Waals surface area contributed by atoms with Crippen LogP contribution in [0.5, 0.6) is 0 Å². The lowest BCUT2D eigenvalue weighted by Gasteiger charge is -1.95. The Balaban J connectivity index is 0.000000288. The zero-order valence-corrected chi connectivity index (χ0v) is 9.52. The van der Waals surface area contributed by atoms with Gasteiger partial charge in [-0.3, -0.25) is 0 Å². The quantitative estimate of drug-likeness (QED) is 0.771. The van der Waals surface area contributed by atoms with Gasteiger partial charge in [-0.1, -0.05) is 42.5 Å². The van der Waals surface area contributed by atoms with Crippen molar-refractivity contribution in [1.29, 1.82) is 0 Å². The minimum Gasteiger partial charge on any atom is -0.396 e. The zero-order chi connectivity index (χ0) is 11.4. The number of hydrogen-bond acceptors (Lipinski definition) is 2. The van der Waals surface area contributed by atoms with E-state index in [2.05, 4.69) is 0 Å². The summed E-state index contributed by atoms with van der Waals surface area (Å²) in [6.45, 7) is 2.92. The Bertz CT molecular complexity index is 242. The second kappa shape index (κ2) is 11.0. The molecule has 0 spiro atoms. The van der Waals surface area contributed by atoms with Crippen molar-refractivity contribution in [3.05, 3.63) is 48.0 Å². The van der Waals surface area contributed by atoms with Crippen LogP contribution in [0.4, 0.5) is 0 Å². The second-order valence-electron chi connectivity index (χ2n) is 3.00. The Morgan fingerprint density at radius 1 is 1.27 bits per heavy atom. The molecule has 0 aliphatic rings. The van der Waals surface area contributed by atoms with Crippen molar-refractivity contribution < 1.29 is 9.84 Å². The van der Waals surface area contributed by atoms with Crippen LogP contribution in [0.15, 0.2) is 42.5 Å². The number of aliphatic hydroxyl groups is 1. The van der Waals surface area contributed by atoms with Crippen LogP contribution in [-0.4, -0.2) is 18.8 Å². The minimum atomic E-state index is 0.268. The third-order valence-electron chi connectivity index (χ3n) is 1.69. The summed E-state index contributed by atoms with van der Waals surface area (Å²) >= 11 is 0. The van der Waals surface area contributed by atoms with E-state index >= 15 is 0 Å². The Morgan fingerprint density at radius 3 is 2.33 bits per heavy atom. The summed E-state index contributed by atoms with van der Waals surface area (Å²) in [5.74, 6) is 0. The van der Waals surface area contributed by atoms with Crippen molar-refractivity contribution in [2.45, 2.75) is 20.0 Å². The summed E-state index contributed by atoms with van der Waals surface area (Å²) in [5, 5.41) is 8.15. The van der Waals surface area contributed by atoms with E-state index in [1.54, 1.807) is 7.11 Å². The molecule has 1 rings (SSSR count). The number of aliphatic hydroxyl groups excluding tert-OH is 1. The normalized spacial score (nSPS) is 9.80. The number of rotatable bonds is 4. The molecule has 0 aliphatic heterocycles. The SMILES string of the molecule is C/C=C/CCO.COCc1ccccc1. The molecule has 0 fully saturated rings. The lowest BCUT2D eigenvalue weighted by molar-refractivity contribution is 0.185. The van der Waals surface area contributed by atoms with E-state index in [0.29, 0.717) is 6.61 Å². The summed E-state index contributed by atoms with van der Waals surface area (Å²) in [6, 6.07) is 10.1. The largest absolute Gasteiger partial charge is 0.396 e. The highest BCUT2D eigenvalue weighted by Crippen LogP contribution is 1.98.